The average molecular weight is 425 g/mol. The first-order chi connectivity index (χ1) is 14.5. The second kappa shape index (κ2) is 11.4. The van der Waals surface area contributed by atoms with Crippen LogP contribution in [0.15, 0.2) is 24.3 Å². The molecule has 30 heavy (non-hydrogen) atoms. The highest BCUT2D eigenvalue weighted by atomic mass is 19.4. The van der Waals surface area contributed by atoms with E-state index in [0.717, 1.165) is 42.7 Å². The molecule has 2 aliphatic rings. The minimum atomic E-state index is -4.29. The van der Waals surface area contributed by atoms with Crippen molar-refractivity contribution < 1.29 is 17.9 Å². The number of hydrogen-bond acceptors (Lipinski definition) is 1. The highest BCUT2D eigenvalue weighted by Crippen LogP contribution is 2.42. The zero-order valence-corrected chi connectivity index (χ0v) is 18.6. The maximum Gasteiger partial charge on any atom is 0.416 e. The first-order valence-electron chi connectivity index (χ1n) is 12.3. The van der Waals surface area contributed by atoms with Crippen LogP contribution in [0.1, 0.15) is 102 Å². The molecule has 1 aromatic carbocycles. The van der Waals surface area contributed by atoms with E-state index in [-0.39, 0.29) is 6.10 Å². The summed E-state index contributed by atoms with van der Waals surface area (Å²) in [5.74, 6) is 3.23. The second-order valence-corrected chi connectivity index (χ2v) is 9.66. The monoisotopic (exact) mass is 424 g/mol. The Bertz CT molecular complexity index is 594. The van der Waals surface area contributed by atoms with Gasteiger partial charge in [-0.2, -0.15) is 13.2 Å². The third kappa shape index (κ3) is 7.20. The SMILES string of the molecule is CCCCCCCC1CCC(C2CCC(Oc3ccc(C(F)(F)F)cc3)CC2)CC1. The van der Waals surface area contributed by atoms with Crippen molar-refractivity contribution in [2.75, 3.05) is 0 Å². The van der Waals surface area contributed by atoms with Crippen molar-refractivity contribution in [3.05, 3.63) is 29.8 Å². The van der Waals surface area contributed by atoms with Gasteiger partial charge in [0.15, 0.2) is 0 Å². The van der Waals surface area contributed by atoms with Crippen molar-refractivity contribution in [1.29, 1.82) is 0 Å². The molecule has 0 radical (unpaired) electrons. The summed E-state index contributed by atoms with van der Waals surface area (Å²) in [7, 11) is 0. The van der Waals surface area contributed by atoms with Crippen molar-refractivity contribution in [1.82, 2.24) is 0 Å². The fourth-order valence-corrected chi connectivity index (χ4v) is 5.58. The first-order valence-corrected chi connectivity index (χ1v) is 12.3. The molecule has 170 valence electrons. The Morgan fingerprint density at radius 2 is 1.33 bits per heavy atom. The summed E-state index contributed by atoms with van der Waals surface area (Å²) in [4.78, 5) is 0. The predicted octanol–water partition coefficient (Wildman–Crippen LogP) is 8.81. The van der Waals surface area contributed by atoms with Crippen molar-refractivity contribution in [3.63, 3.8) is 0 Å². The first kappa shape index (κ1) is 23.5. The largest absolute Gasteiger partial charge is 0.490 e. The molecule has 2 fully saturated rings. The van der Waals surface area contributed by atoms with Crippen LogP contribution in [0.5, 0.6) is 5.75 Å². The van der Waals surface area contributed by atoms with Crippen molar-refractivity contribution in [3.8, 4) is 5.75 Å². The molecule has 0 N–H and O–H groups in total. The molecule has 0 bridgehead atoms. The predicted molar refractivity (Wildman–Crippen MR) is 117 cm³/mol. The normalized spacial score (nSPS) is 27.7. The third-order valence-electron chi connectivity index (χ3n) is 7.48. The molecule has 0 aromatic heterocycles. The number of rotatable bonds is 9. The Morgan fingerprint density at radius 3 is 1.90 bits per heavy atom. The molecule has 2 aliphatic carbocycles. The molecule has 0 amide bonds. The van der Waals surface area contributed by atoms with Crippen LogP contribution >= 0.6 is 0 Å². The lowest BCUT2D eigenvalue weighted by Gasteiger charge is -2.38. The Morgan fingerprint density at radius 1 is 0.767 bits per heavy atom. The number of unbranched alkanes of at least 4 members (excludes halogenated alkanes) is 4. The van der Waals surface area contributed by atoms with E-state index in [2.05, 4.69) is 6.92 Å². The Kier molecular flexibility index (Phi) is 8.95. The lowest BCUT2D eigenvalue weighted by molar-refractivity contribution is -0.137. The summed E-state index contributed by atoms with van der Waals surface area (Å²) < 4.78 is 44.0. The molecule has 0 spiro atoms. The van der Waals surface area contributed by atoms with Gasteiger partial charge in [0.1, 0.15) is 5.75 Å². The summed E-state index contributed by atoms with van der Waals surface area (Å²) >= 11 is 0. The summed E-state index contributed by atoms with van der Waals surface area (Å²) in [6, 6.07) is 5.14. The van der Waals surface area contributed by atoms with Gasteiger partial charge in [-0.25, -0.2) is 0 Å². The molecule has 1 aromatic rings. The van der Waals surface area contributed by atoms with Gasteiger partial charge in [-0.15, -0.1) is 0 Å². The van der Waals surface area contributed by atoms with Gasteiger partial charge in [0.05, 0.1) is 11.7 Å². The van der Waals surface area contributed by atoms with Crippen molar-refractivity contribution in [2.24, 2.45) is 17.8 Å². The minimum Gasteiger partial charge on any atom is -0.490 e. The van der Waals surface area contributed by atoms with Crippen LogP contribution in [-0.4, -0.2) is 6.10 Å². The molecular formula is C26H39F3O. The highest BCUT2D eigenvalue weighted by Gasteiger charge is 2.32. The van der Waals surface area contributed by atoms with E-state index in [9.17, 15) is 13.2 Å². The van der Waals surface area contributed by atoms with E-state index in [1.165, 1.54) is 89.2 Å². The maximum atomic E-state index is 12.7. The second-order valence-electron chi connectivity index (χ2n) is 9.66. The molecule has 0 saturated heterocycles. The van der Waals surface area contributed by atoms with Crippen molar-refractivity contribution >= 4 is 0 Å². The zero-order valence-electron chi connectivity index (χ0n) is 18.6. The Balaban J connectivity index is 1.33. The van der Waals surface area contributed by atoms with Crippen LogP contribution < -0.4 is 4.74 Å². The highest BCUT2D eigenvalue weighted by molar-refractivity contribution is 5.29. The molecule has 0 heterocycles. The molecular weight excluding hydrogens is 385 g/mol. The van der Waals surface area contributed by atoms with Gasteiger partial charge < -0.3 is 4.74 Å². The van der Waals surface area contributed by atoms with E-state index in [4.69, 9.17) is 4.74 Å². The van der Waals surface area contributed by atoms with Gasteiger partial charge in [-0.05, 0) is 80.5 Å². The van der Waals surface area contributed by atoms with Crippen LogP contribution in [0.4, 0.5) is 13.2 Å². The molecule has 0 unspecified atom stereocenters. The number of benzene rings is 1. The van der Waals surface area contributed by atoms with Crippen LogP contribution in [0, 0.1) is 17.8 Å². The number of hydrogen-bond donors (Lipinski definition) is 0. The lowest BCUT2D eigenvalue weighted by Crippen LogP contribution is -2.29. The van der Waals surface area contributed by atoms with Gasteiger partial charge in [0.2, 0.25) is 0 Å². The summed E-state index contributed by atoms with van der Waals surface area (Å²) in [6.07, 6.45) is 14.3. The van der Waals surface area contributed by atoms with Gasteiger partial charge >= 0.3 is 6.18 Å². The van der Waals surface area contributed by atoms with Gasteiger partial charge in [0.25, 0.3) is 0 Å². The summed E-state index contributed by atoms with van der Waals surface area (Å²) in [6.45, 7) is 2.27. The number of halogens is 3. The average Bonchev–Trinajstić information content (AvgIpc) is 2.74. The lowest BCUT2D eigenvalue weighted by atomic mass is 9.70. The Hall–Kier alpha value is -1.19. The molecule has 3 rings (SSSR count). The topological polar surface area (TPSA) is 9.23 Å². The minimum absolute atomic E-state index is 0.150. The molecule has 0 atom stereocenters. The molecule has 2 saturated carbocycles. The van der Waals surface area contributed by atoms with Gasteiger partial charge in [-0.1, -0.05) is 58.3 Å². The van der Waals surface area contributed by atoms with E-state index in [1.54, 1.807) is 0 Å². The van der Waals surface area contributed by atoms with Crippen molar-refractivity contribution in [2.45, 2.75) is 109 Å². The van der Waals surface area contributed by atoms with Gasteiger partial charge in [0, 0.05) is 0 Å². The molecule has 4 heteroatoms. The van der Waals surface area contributed by atoms with E-state index in [1.807, 2.05) is 0 Å². The smallest absolute Gasteiger partial charge is 0.416 e. The van der Waals surface area contributed by atoms with E-state index in [0.29, 0.717) is 5.75 Å². The Labute approximate surface area is 180 Å². The number of alkyl halides is 3. The van der Waals surface area contributed by atoms with E-state index >= 15 is 0 Å². The van der Waals surface area contributed by atoms with Crippen LogP contribution in [0.25, 0.3) is 0 Å². The molecule has 1 nitrogen and oxygen atoms in total. The quantitative estimate of drug-likeness (QED) is 0.360. The summed E-state index contributed by atoms with van der Waals surface area (Å²) in [5.41, 5.74) is -0.616. The standard InChI is InChI=1S/C26H39F3O/c1-2-3-4-5-6-7-20-8-10-21(11-9-20)22-12-16-24(17-13-22)30-25-18-14-23(15-19-25)26(27,28)29/h14-15,18-22,24H,2-13,16-17H2,1H3. The third-order valence-corrected chi connectivity index (χ3v) is 7.48. The summed E-state index contributed by atoms with van der Waals surface area (Å²) in [5, 5.41) is 0. The van der Waals surface area contributed by atoms with Crippen LogP contribution in [0.2, 0.25) is 0 Å². The van der Waals surface area contributed by atoms with Crippen LogP contribution in [-0.2, 0) is 6.18 Å². The number of ether oxygens (including phenoxy) is 1. The maximum absolute atomic E-state index is 12.7. The zero-order chi connectivity index (χ0) is 21.4. The molecule has 0 aliphatic heterocycles. The fraction of sp³-hybridized carbons (Fsp3) is 0.769. The van der Waals surface area contributed by atoms with E-state index < -0.39 is 11.7 Å². The fourth-order valence-electron chi connectivity index (χ4n) is 5.58. The van der Waals surface area contributed by atoms with Crippen LogP contribution in [0.3, 0.4) is 0 Å². The van der Waals surface area contributed by atoms with Gasteiger partial charge in [-0.3, -0.25) is 0 Å².